The molecule has 1 heterocycles. The maximum absolute atomic E-state index is 13.3. The van der Waals surface area contributed by atoms with Crippen molar-refractivity contribution in [2.45, 2.75) is 53.6 Å². The molecule has 29 heavy (non-hydrogen) atoms. The van der Waals surface area contributed by atoms with Crippen LogP contribution in [-0.2, 0) is 22.7 Å². The van der Waals surface area contributed by atoms with Crippen LogP contribution in [0.1, 0.15) is 48.9 Å². The van der Waals surface area contributed by atoms with E-state index in [0.717, 1.165) is 16.9 Å². The summed E-state index contributed by atoms with van der Waals surface area (Å²) >= 11 is 1.66. The molecule has 0 radical (unpaired) electrons. The van der Waals surface area contributed by atoms with Gasteiger partial charge in [-0.25, -0.2) is 4.39 Å². The topological polar surface area (TPSA) is 40.6 Å². The van der Waals surface area contributed by atoms with Gasteiger partial charge in [-0.15, -0.1) is 11.3 Å². The Bertz CT molecular complexity index is 803. The Hall–Kier alpha value is -2.21. The summed E-state index contributed by atoms with van der Waals surface area (Å²) in [5.41, 5.74) is 0.864. The molecule has 1 aromatic carbocycles. The predicted molar refractivity (Wildman–Crippen MR) is 116 cm³/mol. The third kappa shape index (κ3) is 7.28. The van der Waals surface area contributed by atoms with E-state index >= 15 is 0 Å². The van der Waals surface area contributed by atoms with Crippen molar-refractivity contribution in [3.63, 3.8) is 0 Å². The highest BCUT2D eigenvalue weighted by Gasteiger charge is 2.22. The van der Waals surface area contributed by atoms with Crippen LogP contribution in [0.3, 0.4) is 0 Å². The Kier molecular flexibility index (Phi) is 8.83. The zero-order valence-electron chi connectivity index (χ0n) is 17.8. The van der Waals surface area contributed by atoms with Gasteiger partial charge in [0.05, 0.1) is 13.1 Å². The number of rotatable bonds is 10. The third-order valence-corrected chi connectivity index (χ3v) is 5.98. The molecule has 1 unspecified atom stereocenters. The number of thiophene rings is 1. The zero-order chi connectivity index (χ0) is 21.4. The first-order chi connectivity index (χ1) is 13.8. The Labute approximate surface area is 177 Å². The third-order valence-electron chi connectivity index (χ3n) is 4.99. The van der Waals surface area contributed by atoms with E-state index in [1.165, 1.54) is 17.0 Å². The van der Waals surface area contributed by atoms with Crippen molar-refractivity contribution in [2.75, 3.05) is 13.1 Å². The van der Waals surface area contributed by atoms with Gasteiger partial charge >= 0.3 is 0 Å². The summed E-state index contributed by atoms with van der Waals surface area (Å²) in [7, 11) is 0. The highest BCUT2D eigenvalue weighted by atomic mass is 32.1. The molecule has 0 fully saturated rings. The van der Waals surface area contributed by atoms with E-state index in [2.05, 4.69) is 13.8 Å². The molecule has 1 atom stereocenters. The second kappa shape index (κ2) is 11.1. The largest absolute Gasteiger partial charge is 0.333 e. The number of nitrogens with zero attached hydrogens (tertiary/aromatic N) is 2. The van der Waals surface area contributed by atoms with Gasteiger partial charge in [0.2, 0.25) is 11.8 Å². The number of hydrogen-bond donors (Lipinski definition) is 0. The minimum absolute atomic E-state index is 0.00708. The van der Waals surface area contributed by atoms with Gasteiger partial charge in [0.1, 0.15) is 5.82 Å². The first kappa shape index (κ1) is 23.1. The molecule has 0 saturated carbocycles. The van der Waals surface area contributed by atoms with Crippen molar-refractivity contribution >= 4 is 23.2 Å². The molecule has 0 aliphatic carbocycles. The molecule has 0 bridgehead atoms. The van der Waals surface area contributed by atoms with E-state index in [1.807, 2.05) is 26.0 Å². The van der Waals surface area contributed by atoms with E-state index < -0.39 is 0 Å². The Morgan fingerprint density at radius 1 is 1.00 bits per heavy atom. The lowest BCUT2D eigenvalue weighted by Crippen LogP contribution is -2.43. The van der Waals surface area contributed by atoms with Crippen molar-refractivity contribution < 1.29 is 14.0 Å². The summed E-state index contributed by atoms with van der Waals surface area (Å²) in [4.78, 5) is 31.3. The second-order valence-corrected chi connectivity index (χ2v) is 8.90. The fourth-order valence-corrected chi connectivity index (χ4v) is 3.95. The van der Waals surface area contributed by atoms with Crippen LogP contribution in [0.2, 0.25) is 0 Å². The number of aryl methyl sites for hydroxylation is 1. The first-order valence-electron chi connectivity index (χ1n) is 10.2. The Morgan fingerprint density at radius 3 is 2.24 bits per heavy atom. The van der Waals surface area contributed by atoms with Gasteiger partial charge in [0.15, 0.2) is 0 Å². The van der Waals surface area contributed by atoms with E-state index in [4.69, 9.17) is 0 Å². The van der Waals surface area contributed by atoms with E-state index in [1.54, 1.807) is 33.3 Å². The van der Waals surface area contributed by atoms with Crippen molar-refractivity contribution in [1.82, 2.24) is 9.80 Å². The van der Waals surface area contributed by atoms with Crippen LogP contribution in [0.15, 0.2) is 36.4 Å². The average molecular weight is 419 g/mol. The standard InChI is InChI=1S/C23H31FN2O2S/c1-5-17(3)13-25(22(27)6-2)16-23(28)26(15-21-12-7-18(4)29-21)14-19-8-10-20(24)11-9-19/h7-12,17H,5-6,13-16H2,1-4H3. The molecule has 2 amide bonds. The molecule has 4 nitrogen and oxygen atoms in total. The number of halogens is 1. The fourth-order valence-electron chi connectivity index (χ4n) is 3.05. The number of benzene rings is 1. The SMILES string of the molecule is CCC(=O)N(CC(=O)N(Cc1ccc(F)cc1)Cc1ccc(C)s1)CC(C)CC. The van der Waals surface area contributed by atoms with Crippen LogP contribution < -0.4 is 0 Å². The highest BCUT2D eigenvalue weighted by molar-refractivity contribution is 7.11. The highest BCUT2D eigenvalue weighted by Crippen LogP contribution is 2.19. The molecule has 6 heteroatoms. The lowest BCUT2D eigenvalue weighted by molar-refractivity contribution is -0.141. The van der Waals surface area contributed by atoms with Gasteiger partial charge in [-0.3, -0.25) is 9.59 Å². The van der Waals surface area contributed by atoms with Crippen LogP contribution in [0, 0.1) is 18.7 Å². The van der Waals surface area contributed by atoms with Crippen molar-refractivity contribution in [2.24, 2.45) is 5.92 Å². The molecule has 0 N–H and O–H groups in total. The minimum Gasteiger partial charge on any atom is -0.333 e. The molecule has 0 spiro atoms. The zero-order valence-corrected chi connectivity index (χ0v) is 18.6. The van der Waals surface area contributed by atoms with E-state index in [-0.39, 0.29) is 24.2 Å². The molecule has 0 aliphatic rings. The molecule has 2 aromatic rings. The quantitative estimate of drug-likeness (QED) is 0.544. The van der Waals surface area contributed by atoms with Gasteiger partial charge in [0.25, 0.3) is 0 Å². The fraction of sp³-hybridized carbons (Fsp3) is 0.478. The number of amides is 2. The van der Waals surface area contributed by atoms with Crippen LogP contribution in [-0.4, -0.2) is 34.7 Å². The number of carbonyl (C=O) groups excluding carboxylic acids is 2. The van der Waals surface area contributed by atoms with Crippen molar-refractivity contribution in [3.8, 4) is 0 Å². The van der Waals surface area contributed by atoms with Gasteiger partial charge in [0, 0.05) is 29.3 Å². The van der Waals surface area contributed by atoms with Crippen LogP contribution >= 0.6 is 11.3 Å². The van der Waals surface area contributed by atoms with Gasteiger partial charge < -0.3 is 9.80 Å². The molecular weight excluding hydrogens is 387 g/mol. The number of carbonyl (C=O) groups is 2. The maximum Gasteiger partial charge on any atom is 0.242 e. The van der Waals surface area contributed by atoms with Gasteiger partial charge in [-0.05, 0) is 42.7 Å². The maximum atomic E-state index is 13.3. The first-order valence-corrected chi connectivity index (χ1v) is 11.0. The predicted octanol–water partition coefficient (Wildman–Crippen LogP) is 5.01. The monoisotopic (exact) mass is 418 g/mol. The van der Waals surface area contributed by atoms with Crippen LogP contribution in [0.25, 0.3) is 0 Å². The molecule has 0 aliphatic heterocycles. The summed E-state index contributed by atoms with van der Waals surface area (Å²) in [5, 5.41) is 0. The van der Waals surface area contributed by atoms with Crippen LogP contribution in [0.5, 0.6) is 0 Å². The van der Waals surface area contributed by atoms with Gasteiger partial charge in [-0.1, -0.05) is 39.3 Å². The Balaban J connectivity index is 2.18. The summed E-state index contributed by atoms with van der Waals surface area (Å²) in [6.45, 7) is 9.54. The summed E-state index contributed by atoms with van der Waals surface area (Å²) in [6, 6.07) is 10.3. The molecule has 0 saturated heterocycles. The van der Waals surface area contributed by atoms with Crippen LogP contribution in [0.4, 0.5) is 4.39 Å². The molecule has 2 rings (SSSR count). The second-order valence-electron chi connectivity index (χ2n) is 7.53. The molecule has 1 aromatic heterocycles. The summed E-state index contributed by atoms with van der Waals surface area (Å²) in [5.74, 6) is -0.0598. The summed E-state index contributed by atoms with van der Waals surface area (Å²) in [6.07, 6.45) is 1.33. The van der Waals surface area contributed by atoms with E-state index in [0.29, 0.717) is 32.0 Å². The number of hydrogen-bond acceptors (Lipinski definition) is 3. The molecule has 158 valence electrons. The lowest BCUT2D eigenvalue weighted by atomic mass is 10.1. The molecular formula is C23H31FN2O2S. The minimum atomic E-state index is -0.297. The summed E-state index contributed by atoms with van der Waals surface area (Å²) < 4.78 is 13.3. The smallest absolute Gasteiger partial charge is 0.242 e. The van der Waals surface area contributed by atoms with Crippen molar-refractivity contribution in [3.05, 3.63) is 57.5 Å². The van der Waals surface area contributed by atoms with E-state index in [9.17, 15) is 14.0 Å². The van der Waals surface area contributed by atoms with Gasteiger partial charge in [-0.2, -0.15) is 0 Å². The Morgan fingerprint density at radius 2 is 1.69 bits per heavy atom. The van der Waals surface area contributed by atoms with Crippen molar-refractivity contribution in [1.29, 1.82) is 0 Å². The normalized spacial score (nSPS) is 11.9. The average Bonchev–Trinajstić information content (AvgIpc) is 3.12. The lowest BCUT2D eigenvalue weighted by Gasteiger charge is -2.29.